The average Bonchev–Trinajstić information content (AvgIpc) is 3.22. The van der Waals surface area contributed by atoms with Crippen LogP contribution in [0.25, 0.3) is 11.3 Å². The van der Waals surface area contributed by atoms with Gasteiger partial charge in [0.1, 0.15) is 4.88 Å². The van der Waals surface area contributed by atoms with Gasteiger partial charge < -0.3 is 9.15 Å². The Morgan fingerprint density at radius 1 is 1.24 bits per heavy atom. The van der Waals surface area contributed by atoms with Gasteiger partial charge in [-0.15, -0.1) is 0 Å². The molecule has 0 bridgehead atoms. The van der Waals surface area contributed by atoms with Crippen LogP contribution in [0.3, 0.4) is 0 Å². The van der Waals surface area contributed by atoms with Gasteiger partial charge in [-0.05, 0) is 30.7 Å². The number of rotatable bonds is 5. The molecule has 0 aliphatic rings. The molecule has 25 heavy (non-hydrogen) atoms. The number of thiazole rings is 1. The molecular formula is C17H13ClN2O4S. The number of carbonyl (C=O) groups is 2. The molecule has 0 fully saturated rings. The molecule has 2 heterocycles. The smallest absolute Gasteiger partial charge is 0.350 e. The lowest BCUT2D eigenvalue weighted by atomic mass is 10.1. The van der Waals surface area contributed by atoms with Crippen molar-refractivity contribution in [3.8, 4) is 11.3 Å². The first-order valence-corrected chi connectivity index (χ1v) is 8.58. The van der Waals surface area contributed by atoms with Crippen LogP contribution in [-0.2, 0) is 4.74 Å². The summed E-state index contributed by atoms with van der Waals surface area (Å²) in [6.07, 6.45) is 0. The zero-order valence-electron chi connectivity index (χ0n) is 13.1. The Morgan fingerprint density at radius 3 is 2.64 bits per heavy atom. The Bertz CT molecular complexity index is 905. The summed E-state index contributed by atoms with van der Waals surface area (Å²) < 4.78 is 10.1. The number of furan rings is 1. The number of anilines is 1. The van der Waals surface area contributed by atoms with Crippen molar-refractivity contribution in [2.45, 2.75) is 6.92 Å². The lowest BCUT2D eigenvalue weighted by molar-refractivity contribution is 0.0532. The molecule has 0 saturated heterocycles. The maximum Gasteiger partial charge on any atom is 0.350 e. The second-order valence-electron chi connectivity index (χ2n) is 4.84. The van der Waals surface area contributed by atoms with Crippen molar-refractivity contribution in [1.82, 2.24) is 4.98 Å². The summed E-state index contributed by atoms with van der Waals surface area (Å²) in [5, 5.41) is 2.98. The van der Waals surface area contributed by atoms with Gasteiger partial charge >= 0.3 is 5.97 Å². The standard InChI is InChI=1S/C17H13ClN2O4S/c1-2-23-16(22)14-13(10-6-4-3-5-7-10)19-17(25-14)20-15(21)11-8-9-12(18)24-11/h3-9H,2H2,1H3,(H,19,20,21). The van der Waals surface area contributed by atoms with Crippen molar-refractivity contribution in [1.29, 1.82) is 0 Å². The molecule has 3 rings (SSSR count). The van der Waals surface area contributed by atoms with E-state index in [4.69, 9.17) is 20.8 Å². The monoisotopic (exact) mass is 376 g/mol. The number of amides is 1. The van der Waals surface area contributed by atoms with E-state index in [1.165, 1.54) is 12.1 Å². The molecular weight excluding hydrogens is 364 g/mol. The van der Waals surface area contributed by atoms with Gasteiger partial charge in [0.05, 0.1) is 12.3 Å². The van der Waals surface area contributed by atoms with Gasteiger partial charge in [-0.2, -0.15) is 0 Å². The van der Waals surface area contributed by atoms with Crippen molar-refractivity contribution < 1.29 is 18.7 Å². The van der Waals surface area contributed by atoms with Crippen molar-refractivity contribution in [2.24, 2.45) is 0 Å². The molecule has 0 aliphatic carbocycles. The van der Waals surface area contributed by atoms with Crippen LogP contribution in [0.2, 0.25) is 5.22 Å². The fraction of sp³-hybridized carbons (Fsp3) is 0.118. The molecule has 0 radical (unpaired) electrons. The van der Waals surface area contributed by atoms with Gasteiger partial charge in [0, 0.05) is 5.56 Å². The Balaban J connectivity index is 1.93. The number of benzene rings is 1. The quantitative estimate of drug-likeness (QED) is 0.663. The number of carbonyl (C=O) groups excluding carboxylic acids is 2. The van der Waals surface area contributed by atoms with Crippen LogP contribution >= 0.6 is 22.9 Å². The molecule has 1 aromatic carbocycles. The topological polar surface area (TPSA) is 81.4 Å². The number of ether oxygens (including phenoxy) is 1. The third-order valence-electron chi connectivity index (χ3n) is 3.15. The third kappa shape index (κ3) is 3.89. The predicted octanol–water partition coefficient (Wildman–Crippen LogP) is 4.49. The first-order chi connectivity index (χ1) is 12.1. The number of nitrogens with one attached hydrogen (secondary N) is 1. The highest BCUT2D eigenvalue weighted by atomic mass is 35.5. The number of hydrogen-bond acceptors (Lipinski definition) is 6. The van der Waals surface area contributed by atoms with Gasteiger partial charge in [-0.1, -0.05) is 41.7 Å². The van der Waals surface area contributed by atoms with Gasteiger partial charge in [-0.3, -0.25) is 10.1 Å². The van der Waals surface area contributed by atoms with E-state index in [1.807, 2.05) is 30.3 Å². The summed E-state index contributed by atoms with van der Waals surface area (Å²) in [6, 6.07) is 12.1. The molecule has 0 aliphatic heterocycles. The van der Waals surface area contributed by atoms with Crippen LogP contribution in [-0.4, -0.2) is 23.5 Å². The van der Waals surface area contributed by atoms with Crippen molar-refractivity contribution in [2.75, 3.05) is 11.9 Å². The second kappa shape index (κ2) is 7.50. The number of esters is 1. The molecule has 1 amide bonds. The minimum absolute atomic E-state index is 0.0548. The van der Waals surface area contributed by atoms with Crippen molar-refractivity contribution >= 4 is 39.9 Å². The molecule has 128 valence electrons. The highest BCUT2D eigenvalue weighted by Crippen LogP contribution is 2.32. The van der Waals surface area contributed by atoms with E-state index in [1.54, 1.807) is 6.92 Å². The normalized spacial score (nSPS) is 10.5. The first-order valence-electron chi connectivity index (χ1n) is 7.38. The molecule has 1 N–H and O–H groups in total. The van der Waals surface area contributed by atoms with Crippen LogP contribution in [0.4, 0.5) is 5.13 Å². The van der Waals surface area contributed by atoms with Crippen molar-refractivity contribution in [3.05, 3.63) is 58.3 Å². The zero-order valence-corrected chi connectivity index (χ0v) is 14.7. The third-order valence-corrected chi connectivity index (χ3v) is 4.31. The summed E-state index contributed by atoms with van der Waals surface area (Å²) >= 11 is 6.71. The molecule has 0 saturated carbocycles. The van der Waals surface area contributed by atoms with Crippen molar-refractivity contribution in [3.63, 3.8) is 0 Å². The Kier molecular flexibility index (Phi) is 5.16. The lowest BCUT2D eigenvalue weighted by Crippen LogP contribution is -2.10. The van der Waals surface area contributed by atoms with Crippen LogP contribution < -0.4 is 5.32 Å². The largest absolute Gasteiger partial charge is 0.462 e. The second-order valence-corrected chi connectivity index (χ2v) is 6.21. The average molecular weight is 377 g/mol. The summed E-state index contributed by atoms with van der Waals surface area (Å²) in [5.41, 5.74) is 1.21. The lowest BCUT2D eigenvalue weighted by Gasteiger charge is -2.01. The maximum absolute atomic E-state index is 12.2. The number of nitrogens with zero attached hydrogens (tertiary/aromatic N) is 1. The van der Waals surface area contributed by atoms with Crippen LogP contribution in [0.1, 0.15) is 27.2 Å². The van der Waals surface area contributed by atoms with Crippen LogP contribution in [0.15, 0.2) is 46.9 Å². The first kappa shape index (κ1) is 17.2. The molecule has 6 nitrogen and oxygen atoms in total. The van der Waals surface area contributed by atoms with Gasteiger partial charge in [0.25, 0.3) is 5.91 Å². The van der Waals surface area contributed by atoms with Gasteiger partial charge in [-0.25, -0.2) is 9.78 Å². The number of halogens is 1. The Labute approximate surface area is 152 Å². The summed E-state index contributed by atoms with van der Waals surface area (Å²) in [5.74, 6) is -0.935. The summed E-state index contributed by atoms with van der Waals surface area (Å²) in [4.78, 5) is 29.1. The molecule has 0 unspecified atom stereocenters. The fourth-order valence-corrected chi connectivity index (χ4v) is 3.12. The van der Waals surface area contributed by atoms with Crippen LogP contribution in [0, 0.1) is 0 Å². The predicted molar refractivity (Wildman–Crippen MR) is 95.2 cm³/mol. The van der Waals surface area contributed by atoms with E-state index in [-0.39, 0.29) is 22.7 Å². The number of hydrogen-bond donors (Lipinski definition) is 1. The fourth-order valence-electron chi connectivity index (χ4n) is 2.10. The Hall–Kier alpha value is -2.64. The molecule has 8 heteroatoms. The molecule has 2 aromatic heterocycles. The minimum atomic E-state index is -0.504. The van der Waals surface area contributed by atoms with Gasteiger partial charge in [0.2, 0.25) is 0 Å². The maximum atomic E-state index is 12.2. The van der Waals surface area contributed by atoms with E-state index in [9.17, 15) is 9.59 Å². The van der Waals surface area contributed by atoms with E-state index in [2.05, 4.69) is 10.3 Å². The molecule has 3 aromatic rings. The molecule has 0 spiro atoms. The highest BCUT2D eigenvalue weighted by Gasteiger charge is 2.22. The minimum Gasteiger partial charge on any atom is -0.462 e. The summed E-state index contributed by atoms with van der Waals surface area (Å²) in [7, 11) is 0. The van der Waals surface area contributed by atoms with Gasteiger partial charge in [0.15, 0.2) is 16.1 Å². The highest BCUT2D eigenvalue weighted by molar-refractivity contribution is 7.18. The SMILES string of the molecule is CCOC(=O)c1sc(NC(=O)c2ccc(Cl)o2)nc1-c1ccccc1. The zero-order chi connectivity index (χ0) is 17.8. The van der Waals surface area contributed by atoms with E-state index < -0.39 is 11.9 Å². The number of aromatic nitrogens is 1. The van der Waals surface area contributed by atoms with E-state index in [0.29, 0.717) is 10.6 Å². The summed E-state index contributed by atoms with van der Waals surface area (Å²) in [6.45, 7) is 1.97. The molecule has 0 atom stereocenters. The van der Waals surface area contributed by atoms with Crippen LogP contribution in [0.5, 0.6) is 0 Å². The van der Waals surface area contributed by atoms with E-state index in [0.717, 1.165) is 16.9 Å². The van der Waals surface area contributed by atoms with E-state index >= 15 is 0 Å². The Morgan fingerprint density at radius 2 is 2.00 bits per heavy atom.